The topological polar surface area (TPSA) is 16.4 Å². The fourth-order valence-corrected chi connectivity index (χ4v) is 7.42. The minimum atomic E-state index is -0.0794. The van der Waals surface area contributed by atoms with E-state index >= 15 is 0 Å². The third kappa shape index (κ3) is 4.48. The number of nitrogens with zero attached hydrogens (tertiary/aromatic N) is 1. The molecule has 0 aliphatic heterocycles. The Balaban J connectivity index is 1.13. The minimum absolute atomic E-state index is 0.0794. The van der Waals surface area contributed by atoms with Gasteiger partial charge < -0.3 is 9.32 Å². The quantitative estimate of drug-likeness (QED) is 0.195. The molecular formula is C45H33NO. The third-order valence-electron chi connectivity index (χ3n) is 9.90. The average molecular weight is 604 g/mol. The highest BCUT2D eigenvalue weighted by atomic mass is 16.3. The molecule has 1 aliphatic rings. The first kappa shape index (κ1) is 27.5. The van der Waals surface area contributed by atoms with Gasteiger partial charge >= 0.3 is 0 Å². The van der Waals surface area contributed by atoms with Crippen LogP contribution in [-0.2, 0) is 5.41 Å². The number of para-hydroxylation sites is 1. The van der Waals surface area contributed by atoms with Crippen LogP contribution in [-0.4, -0.2) is 0 Å². The van der Waals surface area contributed by atoms with E-state index in [-0.39, 0.29) is 5.41 Å². The molecule has 0 bridgehead atoms. The Bertz CT molecular complexity index is 2410. The molecule has 0 atom stereocenters. The maximum atomic E-state index is 6.20. The number of benzene rings is 7. The molecule has 0 fully saturated rings. The molecule has 2 nitrogen and oxygen atoms in total. The van der Waals surface area contributed by atoms with E-state index in [1.165, 1.54) is 33.4 Å². The molecule has 0 saturated carbocycles. The molecule has 0 amide bonds. The predicted molar refractivity (Wildman–Crippen MR) is 197 cm³/mol. The van der Waals surface area contributed by atoms with E-state index in [9.17, 15) is 0 Å². The van der Waals surface area contributed by atoms with E-state index in [1.807, 2.05) is 12.1 Å². The van der Waals surface area contributed by atoms with Gasteiger partial charge in [-0.1, -0.05) is 123 Å². The number of rotatable bonds is 5. The van der Waals surface area contributed by atoms with E-state index in [0.29, 0.717) is 0 Å². The van der Waals surface area contributed by atoms with Gasteiger partial charge in [-0.25, -0.2) is 0 Å². The molecule has 1 aromatic heterocycles. The van der Waals surface area contributed by atoms with Gasteiger partial charge in [-0.2, -0.15) is 0 Å². The Hall–Kier alpha value is -5.86. The van der Waals surface area contributed by atoms with Crippen molar-refractivity contribution in [1.82, 2.24) is 0 Å². The molecule has 2 heteroatoms. The molecule has 0 unspecified atom stereocenters. The summed E-state index contributed by atoms with van der Waals surface area (Å²) >= 11 is 0. The van der Waals surface area contributed by atoms with Gasteiger partial charge in [0.25, 0.3) is 0 Å². The zero-order valence-electron chi connectivity index (χ0n) is 26.4. The lowest BCUT2D eigenvalue weighted by atomic mass is 9.82. The van der Waals surface area contributed by atoms with Gasteiger partial charge in [-0.3, -0.25) is 0 Å². The predicted octanol–water partition coefficient (Wildman–Crippen LogP) is 12.7. The van der Waals surface area contributed by atoms with Gasteiger partial charge in [0, 0.05) is 33.2 Å². The summed E-state index contributed by atoms with van der Waals surface area (Å²) in [6.07, 6.45) is 0. The second kappa shape index (κ2) is 10.6. The fourth-order valence-electron chi connectivity index (χ4n) is 7.42. The standard InChI is InChI=1S/C45H33NO/c1-45(2)41-14-8-6-12-37(41)38-27-25-36(29-42(38)45)46(34-21-16-31(17-22-34)30-10-4-3-5-11-30)35-23-18-32(19-24-35)33-20-26-40-39-13-7-9-15-43(39)47-44(40)28-33/h3-29H,1-2H3. The summed E-state index contributed by atoms with van der Waals surface area (Å²) in [6.45, 7) is 4.68. The lowest BCUT2D eigenvalue weighted by molar-refractivity contribution is 0.660. The van der Waals surface area contributed by atoms with Gasteiger partial charge in [0.2, 0.25) is 0 Å². The molecule has 1 heterocycles. The van der Waals surface area contributed by atoms with Crippen LogP contribution in [0.2, 0.25) is 0 Å². The average Bonchev–Trinajstić information content (AvgIpc) is 3.61. The first-order valence-electron chi connectivity index (χ1n) is 16.3. The summed E-state index contributed by atoms with van der Waals surface area (Å²) in [7, 11) is 0. The van der Waals surface area contributed by atoms with Crippen LogP contribution in [0.3, 0.4) is 0 Å². The van der Waals surface area contributed by atoms with Crippen LogP contribution in [0.25, 0.3) is 55.3 Å². The van der Waals surface area contributed by atoms with Crippen LogP contribution in [0.5, 0.6) is 0 Å². The van der Waals surface area contributed by atoms with Crippen molar-refractivity contribution in [3.8, 4) is 33.4 Å². The number of hydrogen-bond donors (Lipinski definition) is 0. The van der Waals surface area contributed by atoms with Crippen molar-refractivity contribution in [2.45, 2.75) is 19.3 Å². The summed E-state index contributed by atoms with van der Waals surface area (Å²) in [5.74, 6) is 0. The lowest BCUT2D eigenvalue weighted by Gasteiger charge is -2.28. The van der Waals surface area contributed by atoms with Crippen LogP contribution in [0, 0.1) is 0 Å². The number of fused-ring (bicyclic) bond motifs is 6. The summed E-state index contributed by atoms with van der Waals surface area (Å²) in [5, 5.41) is 2.30. The van der Waals surface area contributed by atoms with Gasteiger partial charge in [-0.05, 0) is 99.1 Å². The molecular weight excluding hydrogens is 571 g/mol. The van der Waals surface area contributed by atoms with Crippen LogP contribution in [0.1, 0.15) is 25.0 Å². The Labute approximate surface area is 275 Å². The zero-order chi connectivity index (χ0) is 31.5. The molecule has 0 saturated heterocycles. The molecule has 0 N–H and O–H groups in total. The molecule has 0 radical (unpaired) electrons. The molecule has 7 aromatic carbocycles. The van der Waals surface area contributed by atoms with E-state index in [1.54, 1.807) is 0 Å². The maximum Gasteiger partial charge on any atom is 0.136 e. The smallest absolute Gasteiger partial charge is 0.136 e. The highest BCUT2D eigenvalue weighted by Crippen LogP contribution is 2.50. The molecule has 47 heavy (non-hydrogen) atoms. The summed E-state index contributed by atoms with van der Waals surface area (Å²) in [4.78, 5) is 2.38. The van der Waals surface area contributed by atoms with Crippen molar-refractivity contribution in [2.24, 2.45) is 0 Å². The highest BCUT2D eigenvalue weighted by Gasteiger charge is 2.35. The van der Waals surface area contributed by atoms with E-state index in [0.717, 1.165) is 50.1 Å². The molecule has 224 valence electrons. The van der Waals surface area contributed by atoms with Crippen molar-refractivity contribution in [2.75, 3.05) is 4.90 Å². The van der Waals surface area contributed by atoms with Crippen molar-refractivity contribution in [1.29, 1.82) is 0 Å². The third-order valence-corrected chi connectivity index (χ3v) is 9.90. The number of hydrogen-bond acceptors (Lipinski definition) is 2. The van der Waals surface area contributed by atoms with E-state index < -0.39 is 0 Å². The monoisotopic (exact) mass is 603 g/mol. The molecule has 0 spiro atoms. The van der Waals surface area contributed by atoms with Crippen LogP contribution in [0.4, 0.5) is 17.1 Å². The summed E-state index contributed by atoms with van der Waals surface area (Å²) < 4.78 is 6.20. The van der Waals surface area contributed by atoms with Crippen LogP contribution >= 0.6 is 0 Å². The van der Waals surface area contributed by atoms with E-state index in [4.69, 9.17) is 4.42 Å². The number of anilines is 3. The van der Waals surface area contributed by atoms with Crippen LogP contribution in [0.15, 0.2) is 168 Å². The number of furan rings is 1. The van der Waals surface area contributed by atoms with Crippen LogP contribution < -0.4 is 4.90 Å². The second-order valence-corrected chi connectivity index (χ2v) is 13.0. The summed E-state index contributed by atoms with van der Waals surface area (Å²) in [5.41, 5.74) is 15.2. The normalized spacial score (nSPS) is 13.1. The van der Waals surface area contributed by atoms with Gasteiger partial charge in [0.15, 0.2) is 0 Å². The van der Waals surface area contributed by atoms with Crippen molar-refractivity contribution < 1.29 is 4.42 Å². The zero-order valence-corrected chi connectivity index (χ0v) is 26.4. The SMILES string of the molecule is CC1(C)c2ccccc2-c2ccc(N(c3ccc(-c4ccccc4)cc3)c3ccc(-c4ccc5c(c4)oc4ccccc45)cc3)cc21. The van der Waals surface area contributed by atoms with Gasteiger partial charge in [0.05, 0.1) is 0 Å². The van der Waals surface area contributed by atoms with E-state index in [2.05, 4.69) is 170 Å². The Morgan fingerprint density at radius 2 is 0.957 bits per heavy atom. The van der Waals surface area contributed by atoms with Gasteiger partial charge in [0.1, 0.15) is 11.2 Å². The Morgan fingerprint density at radius 3 is 1.72 bits per heavy atom. The Kier molecular flexibility index (Phi) is 6.20. The molecule has 1 aliphatic carbocycles. The van der Waals surface area contributed by atoms with Gasteiger partial charge in [-0.15, -0.1) is 0 Å². The van der Waals surface area contributed by atoms with Crippen molar-refractivity contribution in [3.63, 3.8) is 0 Å². The fraction of sp³-hybridized carbons (Fsp3) is 0.0667. The minimum Gasteiger partial charge on any atom is -0.456 e. The van der Waals surface area contributed by atoms with Crippen molar-refractivity contribution in [3.05, 3.63) is 175 Å². The summed E-state index contributed by atoms with van der Waals surface area (Å²) in [6, 6.07) is 58.9. The second-order valence-electron chi connectivity index (χ2n) is 13.0. The first-order valence-corrected chi connectivity index (χ1v) is 16.3. The largest absolute Gasteiger partial charge is 0.456 e. The Morgan fingerprint density at radius 1 is 0.404 bits per heavy atom. The first-order chi connectivity index (χ1) is 23.0. The molecule has 8 aromatic rings. The maximum absolute atomic E-state index is 6.20. The highest BCUT2D eigenvalue weighted by molar-refractivity contribution is 6.05. The van der Waals surface area contributed by atoms with Crippen molar-refractivity contribution >= 4 is 39.0 Å². The lowest BCUT2D eigenvalue weighted by Crippen LogP contribution is -2.16. The molecule has 9 rings (SSSR count).